The van der Waals surface area contributed by atoms with Gasteiger partial charge in [0.15, 0.2) is 5.82 Å². The summed E-state index contributed by atoms with van der Waals surface area (Å²) >= 11 is 5.01. The molecule has 6 heteroatoms. The minimum atomic E-state index is 0.220. The number of benzene rings is 1. The second kappa shape index (κ2) is 4.55. The molecule has 0 radical (unpaired) electrons. The van der Waals surface area contributed by atoms with Gasteiger partial charge in [-0.1, -0.05) is 6.07 Å². The number of rotatable bonds is 2. The lowest BCUT2D eigenvalue weighted by Crippen LogP contribution is -1.93. The smallest absolute Gasteiger partial charge is 0.151 e. The number of phenols is 1. The highest BCUT2D eigenvalue weighted by atomic mass is 79.9. The minimum absolute atomic E-state index is 0.220. The highest BCUT2D eigenvalue weighted by Gasteiger charge is 2.07. The minimum Gasteiger partial charge on any atom is -0.508 e. The van der Waals surface area contributed by atoms with Gasteiger partial charge in [-0.3, -0.25) is 0 Å². The van der Waals surface area contributed by atoms with E-state index in [4.69, 9.17) is 0 Å². The standard InChI is InChI=1S/C12H8BrN3OS/c13-10-5-9-11(18-10)12(15-6-14-9)16-7-2-1-3-8(17)4-7/h1-6,17H,(H,14,15,16). The molecule has 0 unspecified atom stereocenters. The Morgan fingerprint density at radius 3 is 2.94 bits per heavy atom. The monoisotopic (exact) mass is 321 g/mol. The molecule has 0 aliphatic heterocycles. The molecule has 3 rings (SSSR count). The molecule has 2 heterocycles. The molecule has 18 heavy (non-hydrogen) atoms. The molecule has 0 atom stereocenters. The van der Waals surface area contributed by atoms with E-state index in [1.54, 1.807) is 29.5 Å². The molecule has 0 bridgehead atoms. The number of hydrogen-bond acceptors (Lipinski definition) is 5. The van der Waals surface area contributed by atoms with E-state index < -0.39 is 0 Å². The zero-order chi connectivity index (χ0) is 12.5. The van der Waals surface area contributed by atoms with Crippen molar-refractivity contribution in [3.8, 4) is 5.75 Å². The molecule has 0 aliphatic rings. The maximum atomic E-state index is 9.43. The van der Waals surface area contributed by atoms with Crippen molar-refractivity contribution in [2.45, 2.75) is 0 Å². The molecule has 0 saturated carbocycles. The van der Waals surface area contributed by atoms with Gasteiger partial charge in [-0.15, -0.1) is 11.3 Å². The zero-order valence-electron chi connectivity index (χ0n) is 9.09. The first-order chi connectivity index (χ1) is 8.72. The van der Waals surface area contributed by atoms with Crippen LogP contribution in [0, 0.1) is 0 Å². The van der Waals surface area contributed by atoms with E-state index in [2.05, 4.69) is 31.2 Å². The van der Waals surface area contributed by atoms with Crippen LogP contribution in [0.5, 0.6) is 5.75 Å². The van der Waals surface area contributed by atoms with Crippen LogP contribution in [0.15, 0.2) is 40.4 Å². The maximum Gasteiger partial charge on any atom is 0.151 e. The highest BCUT2D eigenvalue weighted by Crippen LogP contribution is 2.33. The number of nitrogens with one attached hydrogen (secondary N) is 1. The third kappa shape index (κ3) is 2.16. The molecule has 4 nitrogen and oxygen atoms in total. The molecule has 1 aromatic carbocycles. The average molecular weight is 322 g/mol. The number of aromatic hydroxyl groups is 1. The van der Waals surface area contributed by atoms with Crippen LogP contribution < -0.4 is 5.32 Å². The van der Waals surface area contributed by atoms with Gasteiger partial charge >= 0.3 is 0 Å². The molecule has 0 aliphatic carbocycles. The average Bonchev–Trinajstić information content (AvgIpc) is 2.71. The fourth-order valence-corrected chi connectivity index (χ4v) is 3.12. The highest BCUT2D eigenvalue weighted by molar-refractivity contribution is 9.11. The van der Waals surface area contributed by atoms with Gasteiger partial charge in [0.1, 0.15) is 12.1 Å². The fourth-order valence-electron chi connectivity index (χ4n) is 1.63. The van der Waals surface area contributed by atoms with Crippen LogP contribution >= 0.6 is 27.3 Å². The van der Waals surface area contributed by atoms with Crippen LogP contribution in [-0.2, 0) is 0 Å². The third-order valence-corrected chi connectivity index (χ3v) is 4.02. The zero-order valence-corrected chi connectivity index (χ0v) is 11.5. The van der Waals surface area contributed by atoms with E-state index in [0.29, 0.717) is 0 Å². The van der Waals surface area contributed by atoms with Crippen molar-refractivity contribution in [1.29, 1.82) is 0 Å². The quantitative estimate of drug-likeness (QED) is 0.751. The number of nitrogens with zero attached hydrogens (tertiary/aromatic N) is 2. The summed E-state index contributed by atoms with van der Waals surface area (Å²) < 4.78 is 1.99. The summed E-state index contributed by atoms with van der Waals surface area (Å²) in [6.07, 6.45) is 1.52. The summed E-state index contributed by atoms with van der Waals surface area (Å²) in [6, 6.07) is 8.88. The van der Waals surface area contributed by atoms with Crippen molar-refractivity contribution < 1.29 is 5.11 Å². The summed E-state index contributed by atoms with van der Waals surface area (Å²) in [5.41, 5.74) is 1.68. The molecule has 0 fully saturated rings. The predicted octanol–water partition coefficient (Wildman–Crippen LogP) is 3.90. The van der Waals surface area contributed by atoms with Gasteiger partial charge in [0, 0.05) is 11.8 Å². The van der Waals surface area contributed by atoms with Gasteiger partial charge in [-0.25, -0.2) is 9.97 Å². The number of phenolic OH excluding ortho intramolecular Hbond substituents is 1. The maximum absolute atomic E-state index is 9.43. The Balaban J connectivity index is 2.04. The predicted molar refractivity (Wildman–Crippen MR) is 76.5 cm³/mol. The molecule has 0 spiro atoms. The van der Waals surface area contributed by atoms with Crippen LogP contribution in [0.25, 0.3) is 10.2 Å². The molecule has 2 N–H and O–H groups in total. The Morgan fingerprint density at radius 1 is 1.22 bits per heavy atom. The number of hydrogen-bond donors (Lipinski definition) is 2. The van der Waals surface area contributed by atoms with E-state index in [0.717, 1.165) is 25.5 Å². The van der Waals surface area contributed by atoms with Gasteiger partial charge in [-0.05, 0) is 34.1 Å². The third-order valence-electron chi connectivity index (χ3n) is 2.39. The summed E-state index contributed by atoms with van der Waals surface area (Å²) in [5.74, 6) is 0.957. The van der Waals surface area contributed by atoms with Gasteiger partial charge in [0.05, 0.1) is 14.0 Å². The van der Waals surface area contributed by atoms with Gasteiger partial charge in [0.2, 0.25) is 0 Å². The second-order valence-electron chi connectivity index (χ2n) is 3.66. The van der Waals surface area contributed by atoms with Crippen molar-refractivity contribution in [2.24, 2.45) is 0 Å². The van der Waals surface area contributed by atoms with Crippen LogP contribution in [0.2, 0.25) is 0 Å². The summed E-state index contributed by atoms with van der Waals surface area (Å²) in [4.78, 5) is 8.43. The van der Waals surface area contributed by atoms with E-state index in [1.165, 1.54) is 6.33 Å². The summed E-state index contributed by atoms with van der Waals surface area (Å²) in [6.45, 7) is 0. The van der Waals surface area contributed by atoms with Crippen molar-refractivity contribution in [3.63, 3.8) is 0 Å². The first-order valence-corrected chi connectivity index (χ1v) is 6.79. The van der Waals surface area contributed by atoms with Crippen LogP contribution in [0.1, 0.15) is 0 Å². The normalized spacial score (nSPS) is 10.7. The van der Waals surface area contributed by atoms with E-state index in [-0.39, 0.29) is 5.75 Å². The SMILES string of the molecule is Oc1cccc(Nc2ncnc3cc(Br)sc23)c1. The van der Waals surface area contributed by atoms with Crippen molar-refractivity contribution in [3.05, 3.63) is 40.4 Å². The Hall–Kier alpha value is -1.66. The molecular weight excluding hydrogens is 314 g/mol. The van der Waals surface area contributed by atoms with Crippen molar-refractivity contribution in [2.75, 3.05) is 5.32 Å². The molecule has 2 aromatic heterocycles. The van der Waals surface area contributed by atoms with Crippen molar-refractivity contribution >= 4 is 49.0 Å². The number of halogens is 1. The first kappa shape index (κ1) is 11.4. The van der Waals surface area contributed by atoms with Crippen LogP contribution in [-0.4, -0.2) is 15.1 Å². The Morgan fingerprint density at radius 2 is 2.11 bits per heavy atom. The molecule has 0 amide bonds. The molecular formula is C12H8BrN3OS. The largest absolute Gasteiger partial charge is 0.508 e. The lowest BCUT2D eigenvalue weighted by Gasteiger charge is -2.06. The number of fused-ring (bicyclic) bond motifs is 1. The van der Waals surface area contributed by atoms with E-state index >= 15 is 0 Å². The lowest BCUT2D eigenvalue weighted by molar-refractivity contribution is 0.475. The second-order valence-corrected chi connectivity index (χ2v) is 6.09. The topological polar surface area (TPSA) is 58.0 Å². The summed E-state index contributed by atoms with van der Waals surface area (Å²) in [7, 11) is 0. The van der Waals surface area contributed by atoms with Gasteiger partial charge in [0.25, 0.3) is 0 Å². The van der Waals surface area contributed by atoms with Crippen LogP contribution in [0.3, 0.4) is 0 Å². The molecule has 90 valence electrons. The number of anilines is 2. The molecule has 3 aromatic rings. The summed E-state index contributed by atoms with van der Waals surface area (Å²) in [5, 5.41) is 12.6. The van der Waals surface area contributed by atoms with Crippen molar-refractivity contribution in [1.82, 2.24) is 9.97 Å². The van der Waals surface area contributed by atoms with Gasteiger partial charge < -0.3 is 10.4 Å². The Kier molecular flexibility index (Phi) is 2.89. The lowest BCUT2D eigenvalue weighted by atomic mass is 10.3. The van der Waals surface area contributed by atoms with Gasteiger partial charge in [-0.2, -0.15) is 0 Å². The Labute approximate surface area is 115 Å². The molecule has 0 saturated heterocycles. The van der Waals surface area contributed by atoms with E-state index in [9.17, 15) is 5.11 Å². The fraction of sp³-hybridized carbons (Fsp3) is 0. The number of thiophene rings is 1. The Bertz CT molecular complexity index is 713. The number of aromatic nitrogens is 2. The van der Waals surface area contributed by atoms with E-state index in [1.807, 2.05) is 12.1 Å². The van der Waals surface area contributed by atoms with Crippen LogP contribution in [0.4, 0.5) is 11.5 Å². The first-order valence-electron chi connectivity index (χ1n) is 5.18.